The first kappa shape index (κ1) is 17.9. The summed E-state index contributed by atoms with van der Waals surface area (Å²) < 4.78 is 0. The van der Waals surface area contributed by atoms with E-state index in [4.69, 9.17) is 0 Å². The van der Waals surface area contributed by atoms with Crippen LogP contribution in [-0.4, -0.2) is 77.4 Å². The zero-order valence-corrected chi connectivity index (χ0v) is 14.8. The van der Waals surface area contributed by atoms with Crippen LogP contribution < -0.4 is 0 Å². The Morgan fingerprint density at radius 3 is 2.48 bits per heavy atom. The number of β-amino-alcohol motifs (C(OH)–C–C–N with tert-alkyl or cyclic N) is 1. The van der Waals surface area contributed by atoms with E-state index in [1.54, 1.807) is 4.90 Å². The Kier molecular flexibility index (Phi) is 5.71. The van der Waals surface area contributed by atoms with E-state index < -0.39 is 6.10 Å². The lowest BCUT2D eigenvalue weighted by Gasteiger charge is -2.36. The first-order valence-corrected chi connectivity index (χ1v) is 9.10. The second kappa shape index (κ2) is 7.97. The van der Waals surface area contributed by atoms with Crippen LogP contribution in [0.15, 0.2) is 30.3 Å². The summed E-state index contributed by atoms with van der Waals surface area (Å²) in [5, 5.41) is 10.3. The van der Waals surface area contributed by atoms with Gasteiger partial charge in [-0.1, -0.05) is 30.3 Å². The summed E-state index contributed by atoms with van der Waals surface area (Å²) in [4.78, 5) is 30.3. The molecule has 136 valence electrons. The van der Waals surface area contributed by atoms with Crippen LogP contribution in [0.5, 0.6) is 0 Å². The van der Waals surface area contributed by atoms with Gasteiger partial charge in [0, 0.05) is 52.2 Å². The molecule has 6 nitrogen and oxygen atoms in total. The van der Waals surface area contributed by atoms with E-state index in [9.17, 15) is 14.7 Å². The number of amides is 2. The highest BCUT2D eigenvalue weighted by Crippen LogP contribution is 2.21. The normalized spacial score (nSPS) is 23.1. The van der Waals surface area contributed by atoms with Crippen molar-refractivity contribution in [2.24, 2.45) is 5.92 Å². The molecule has 0 radical (unpaired) electrons. The monoisotopic (exact) mass is 345 g/mol. The van der Waals surface area contributed by atoms with E-state index in [-0.39, 0.29) is 17.7 Å². The van der Waals surface area contributed by atoms with Gasteiger partial charge < -0.3 is 14.9 Å². The number of aliphatic hydroxyl groups is 1. The Labute approximate surface area is 149 Å². The first-order chi connectivity index (χ1) is 12.1. The molecular weight excluding hydrogens is 318 g/mol. The maximum Gasteiger partial charge on any atom is 0.228 e. The fourth-order valence-corrected chi connectivity index (χ4v) is 3.68. The van der Waals surface area contributed by atoms with Gasteiger partial charge in [0.25, 0.3) is 0 Å². The van der Waals surface area contributed by atoms with Crippen LogP contribution in [0, 0.1) is 5.92 Å². The molecule has 2 saturated heterocycles. The Morgan fingerprint density at radius 2 is 1.88 bits per heavy atom. The Balaban J connectivity index is 1.47. The molecule has 2 unspecified atom stereocenters. The van der Waals surface area contributed by atoms with E-state index in [0.717, 1.165) is 18.7 Å². The van der Waals surface area contributed by atoms with E-state index in [1.807, 2.05) is 42.2 Å². The molecule has 1 aromatic carbocycles. The molecule has 6 heteroatoms. The van der Waals surface area contributed by atoms with Crippen LogP contribution in [0.2, 0.25) is 0 Å². The third-order valence-electron chi connectivity index (χ3n) is 5.24. The minimum Gasteiger partial charge on any atom is -0.387 e. The summed E-state index contributed by atoms with van der Waals surface area (Å²) >= 11 is 0. The van der Waals surface area contributed by atoms with Crippen molar-refractivity contribution in [2.45, 2.75) is 19.4 Å². The number of hydrogen-bond acceptors (Lipinski definition) is 4. The lowest BCUT2D eigenvalue weighted by atomic mass is 10.1. The smallest absolute Gasteiger partial charge is 0.228 e. The molecular formula is C19H27N3O3. The Bertz CT molecular complexity index is 599. The molecule has 2 atom stereocenters. The number of hydrogen-bond donors (Lipinski definition) is 1. The lowest BCUT2D eigenvalue weighted by Crippen LogP contribution is -2.51. The van der Waals surface area contributed by atoms with Crippen molar-refractivity contribution in [2.75, 3.05) is 45.8 Å². The SMILES string of the molecule is CCN1CC(C(=O)N2CCN(CC(O)c3ccccc3)CC2)CC1=O. The number of rotatable bonds is 5. The molecule has 2 fully saturated rings. The number of piperazine rings is 1. The number of carbonyl (C=O) groups is 2. The lowest BCUT2D eigenvalue weighted by molar-refractivity contribution is -0.137. The van der Waals surface area contributed by atoms with Crippen molar-refractivity contribution in [3.05, 3.63) is 35.9 Å². The molecule has 25 heavy (non-hydrogen) atoms. The number of aliphatic hydroxyl groups excluding tert-OH is 1. The molecule has 0 bridgehead atoms. The first-order valence-electron chi connectivity index (χ1n) is 9.10. The largest absolute Gasteiger partial charge is 0.387 e. The van der Waals surface area contributed by atoms with Crippen molar-refractivity contribution >= 4 is 11.8 Å². The Hall–Kier alpha value is -1.92. The fourth-order valence-electron chi connectivity index (χ4n) is 3.68. The number of likely N-dealkylation sites (tertiary alicyclic amines) is 1. The maximum absolute atomic E-state index is 12.6. The van der Waals surface area contributed by atoms with Crippen LogP contribution in [0.3, 0.4) is 0 Å². The molecule has 3 rings (SSSR count). The fraction of sp³-hybridized carbons (Fsp3) is 0.579. The second-order valence-corrected chi connectivity index (χ2v) is 6.89. The summed E-state index contributed by atoms with van der Waals surface area (Å²) in [6, 6.07) is 9.66. The van der Waals surface area contributed by atoms with Crippen molar-refractivity contribution < 1.29 is 14.7 Å². The molecule has 1 N–H and O–H groups in total. The third kappa shape index (κ3) is 4.19. The predicted molar refractivity (Wildman–Crippen MR) is 94.8 cm³/mol. The molecule has 0 spiro atoms. The van der Waals surface area contributed by atoms with Crippen LogP contribution >= 0.6 is 0 Å². The summed E-state index contributed by atoms with van der Waals surface area (Å²) in [5.41, 5.74) is 0.921. The van der Waals surface area contributed by atoms with E-state index in [1.165, 1.54) is 0 Å². The standard InChI is InChI=1S/C19H27N3O3/c1-2-21-13-16(12-18(21)24)19(25)22-10-8-20(9-11-22)14-17(23)15-6-4-3-5-7-15/h3-7,16-17,23H,2,8-14H2,1H3. The molecule has 1 aromatic rings. The van der Waals surface area contributed by atoms with Crippen LogP contribution in [0.1, 0.15) is 25.0 Å². The van der Waals surface area contributed by atoms with Crippen molar-refractivity contribution in [3.8, 4) is 0 Å². The van der Waals surface area contributed by atoms with Crippen LogP contribution in [0.25, 0.3) is 0 Å². The zero-order valence-electron chi connectivity index (χ0n) is 14.8. The van der Waals surface area contributed by atoms with Gasteiger partial charge in [0.05, 0.1) is 12.0 Å². The molecule has 2 amide bonds. The predicted octanol–water partition coefficient (Wildman–Crippen LogP) is 0.733. The summed E-state index contributed by atoms with van der Waals surface area (Å²) in [6.45, 7) is 6.60. The highest BCUT2D eigenvalue weighted by atomic mass is 16.3. The van der Waals surface area contributed by atoms with Crippen molar-refractivity contribution in [1.82, 2.24) is 14.7 Å². The van der Waals surface area contributed by atoms with Crippen LogP contribution in [0.4, 0.5) is 0 Å². The number of carbonyl (C=O) groups excluding carboxylic acids is 2. The van der Waals surface area contributed by atoms with Gasteiger partial charge in [-0.2, -0.15) is 0 Å². The zero-order chi connectivity index (χ0) is 17.8. The molecule has 0 aliphatic carbocycles. The molecule has 0 aromatic heterocycles. The van der Waals surface area contributed by atoms with Gasteiger partial charge in [0.1, 0.15) is 0 Å². The summed E-state index contributed by atoms with van der Waals surface area (Å²) in [5.74, 6) is 0.00642. The number of nitrogens with zero attached hydrogens (tertiary/aromatic N) is 3. The van der Waals surface area contributed by atoms with Gasteiger partial charge in [0.2, 0.25) is 11.8 Å². The van der Waals surface area contributed by atoms with E-state index in [0.29, 0.717) is 39.1 Å². The van der Waals surface area contributed by atoms with Gasteiger partial charge >= 0.3 is 0 Å². The molecule has 2 aliphatic rings. The van der Waals surface area contributed by atoms with Gasteiger partial charge in [-0.05, 0) is 12.5 Å². The second-order valence-electron chi connectivity index (χ2n) is 6.89. The topological polar surface area (TPSA) is 64.1 Å². The average Bonchev–Trinajstić information content (AvgIpc) is 3.03. The molecule has 2 heterocycles. The van der Waals surface area contributed by atoms with Gasteiger partial charge in [0.15, 0.2) is 0 Å². The van der Waals surface area contributed by atoms with Gasteiger partial charge in [-0.3, -0.25) is 14.5 Å². The Morgan fingerprint density at radius 1 is 1.20 bits per heavy atom. The highest BCUT2D eigenvalue weighted by Gasteiger charge is 2.36. The summed E-state index contributed by atoms with van der Waals surface area (Å²) in [6.07, 6.45) is -0.159. The average molecular weight is 345 g/mol. The third-order valence-corrected chi connectivity index (χ3v) is 5.24. The summed E-state index contributed by atoms with van der Waals surface area (Å²) in [7, 11) is 0. The maximum atomic E-state index is 12.6. The molecule has 2 aliphatic heterocycles. The van der Waals surface area contributed by atoms with E-state index in [2.05, 4.69) is 4.90 Å². The highest BCUT2D eigenvalue weighted by molar-refractivity contribution is 5.89. The van der Waals surface area contributed by atoms with E-state index >= 15 is 0 Å². The van der Waals surface area contributed by atoms with Crippen LogP contribution in [-0.2, 0) is 9.59 Å². The van der Waals surface area contributed by atoms with Gasteiger partial charge in [-0.25, -0.2) is 0 Å². The number of benzene rings is 1. The molecule has 0 saturated carbocycles. The minimum absolute atomic E-state index is 0.0884. The van der Waals surface area contributed by atoms with Gasteiger partial charge in [-0.15, -0.1) is 0 Å². The van der Waals surface area contributed by atoms with Crippen molar-refractivity contribution in [3.63, 3.8) is 0 Å². The van der Waals surface area contributed by atoms with Crippen molar-refractivity contribution in [1.29, 1.82) is 0 Å². The quantitative estimate of drug-likeness (QED) is 0.855. The minimum atomic E-state index is -0.506.